The van der Waals surface area contributed by atoms with E-state index in [4.69, 9.17) is 33.5 Å². The van der Waals surface area contributed by atoms with Crippen molar-refractivity contribution in [2.24, 2.45) is 0 Å². The van der Waals surface area contributed by atoms with Crippen molar-refractivity contribution in [2.75, 3.05) is 19.7 Å². The minimum Gasteiger partial charge on any atom is -0.454 e. The zero-order valence-electron chi connectivity index (χ0n) is 27.9. The van der Waals surface area contributed by atoms with Gasteiger partial charge in [0, 0.05) is 31.5 Å². The summed E-state index contributed by atoms with van der Waals surface area (Å²) in [7, 11) is 0. The fraction of sp³-hybridized carbons (Fsp3) is 0.556. The molecule has 2 fully saturated rings. The maximum absolute atomic E-state index is 12.8. The molecule has 6 aliphatic rings. The number of ether oxygens (including phenoxy) is 6. The first-order valence-corrected chi connectivity index (χ1v) is 17.2. The van der Waals surface area contributed by atoms with E-state index in [0.717, 1.165) is 17.1 Å². The number of imide groups is 1. The summed E-state index contributed by atoms with van der Waals surface area (Å²) < 4.78 is 37.6. The highest BCUT2D eigenvalue weighted by atomic mass is 16.6. The van der Waals surface area contributed by atoms with Gasteiger partial charge in [0.05, 0.1) is 37.1 Å². The van der Waals surface area contributed by atoms with E-state index in [0.29, 0.717) is 19.3 Å². The van der Waals surface area contributed by atoms with Crippen LogP contribution in [0, 0.1) is 0 Å². The molecule has 15 nitrogen and oxygen atoms in total. The monoisotopic (exact) mass is 712 g/mol. The van der Waals surface area contributed by atoms with Gasteiger partial charge in [0.25, 0.3) is 11.8 Å². The molecule has 51 heavy (non-hydrogen) atoms. The Labute approximate surface area is 294 Å². The number of nitrogens with one attached hydrogen (secondary N) is 1. The van der Waals surface area contributed by atoms with Crippen LogP contribution in [0.4, 0.5) is 0 Å². The van der Waals surface area contributed by atoms with Crippen molar-refractivity contribution < 1.29 is 62.9 Å². The third-order valence-corrected chi connectivity index (χ3v) is 9.51. The normalized spacial score (nSPS) is 37.7. The van der Waals surface area contributed by atoms with Gasteiger partial charge in [-0.15, -0.1) is 6.58 Å². The predicted octanol–water partition coefficient (Wildman–Crippen LogP) is -0.538. The van der Waals surface area contributed by atoms with Crippen molar-refractivity contribution in [3.8, 4) is 0 Å². The number of esters is 1. The summed E-state index contributed by atoms with van der Waals surface area (Å²) in [5, 5.41) is 32.7. The molecule has 2 saturated heterocycles. The zero-order valence-corrected chi connectivity index (χ0v) is 27.9. The molecule has 6 heterocycles. The number of rotatable bonds is 11. The van der Waals surface area contributed by atoms with Gasteiger partial charge in [0.1, 0.15) is 55.4 Å². The molecule has 6 aliphatic heterocycles. The molecule has 0 bridgehead atoms. The molecule has 1 unspecified atom stereocenters. The third-order valence-electron chi connectivity index (χ3n) is 9.51. The summed E-state index contributed by atoms with van der Waals surface area (Å²) in [6.45, 7) is 2.87. The van der Waals surface area contributed by atoms with Crippen LogP contribution in [-0.2, 0) is 47.6 Å². The zero-order chi connectivity index (χ0) is 36.1. The van der Waals surface area contributed by atoms with Gasteiger partial charge in [-0.1, -0.05) is 48.6 Å². The number of hydrogen-bond acceptors (Lipinski definition) is 13. The van der Waals surface area contributed by atoms with Gasteiger partial charge < -0.3 is 49.1 Å². The Morgan fingerprint density at radius 2 is 1.69 bits per heavy atom. The lowest BCUT2D eigenvalue weighted by atomic mass is 9.87. The Morgan fingerprint density at radius 1 is 0.961 bits per heavy atom. The molecule has 0 aliphatic carbocycles. The minimum atomic E-state index is -1.02. The van der Waals surface area contributed by atoms with Crippen molar-refractivity contribution in [1.82, 2.24) is 10.2 Å². The van der Waals surface area contributed by atoms with Gasteiger partial charge in [-0.3, -0.25) is 24.1 Å². The van der Waals surface area contributed by atoms with Crippen LogP contribution in [0.2, 0.25) is 0 Å². The van der Waals surface area contributed by atoms with Crippen molar-refractivity contribution in [1.29, 1.82) is 0 Å². The number of carbonyl (C=O) groups is 4. The lowest BCUT2D eigenvalue weighted by Gasteiger charge is -2.49. The number of fused-ring (bicyclic) bond motifs is 4. The molecule has 0 aromatic rings. The highest BCUT2D eigenvalue weighted by Gasteiger charge is 2.52. The largest absolute Gasteiger partial charge is 0.454 e. The molecule has 0 saturated carbocycles. The van der Waals surface area contributed by atoms with Crippen LogP contribution >= 0.6 is 0 Å². The highest BCUT2D eigenvalue weighted by Crippen LogP contribution is 2.39. The molecule has 0 aromatic carbocycles. The molecule has 3 amide bonds. The van der Waals surface area contributed by atoms with Gasteiger partial charge in [0.2, 0.25) is 5.91 Å². The lowest BCUT2D eigenvalue weighted by molar-refractivity contribution is -0.287. The molecule has 0 spiro atoms. The molecule has 15 heteroatoms. The number of carbonyl (C=O) groups excluding carboxylic acids is 4. The van der Waals surface area contributed by atoms with E-state index < -0.39 is 116 Å². The highest BCUT2D eigenvalue weighted by molar-refractivity contribution is 6.13. The van der Waals surface area contributed by atoms with Crippen molar-refractivity contribution >= 4 is 23.7 Å². The molecular weight excluding hydrogens is 668 g/mol. The summed E-state index contributed by atoms with van der Waals surface area (Å²) in [6.07, 6.45) is 10.6. The molecule has 6 rings (SSSR count). The smallest absolute Gasteiger partial charge is 0.326 e. The van der Waals surface area contributed by atoms with Crippen molar-refractivity contribution in [3.63, 3.8) is 0 Å². The van der Waals surface area contributed by atoms with Gasteiger partial charge >= 0.3 is 5.97 Å². The second kappa shape index (κ2) is 16.7. The van der Waals surface area contributed by atoms with Gasteiger partial charge in [-0.2, -0.15) is 0 Å². The quantitative estimate of drug-likeness (QED) is 0.121. The minimum absolute atomic E-state index is 0.103. The van der Waals surface area contributed by atoms with E-state index in [1.165, 1.54) is 6.08 Å². The standard InChI is InChI=1S/C36H44N2O13/c1-2-4-22-25(50-33(44)18-37-30(41)15-16-38-31(42)13-14-32(38)43)11-9-24-23(47-22)10-12-26-28(48-24)17-29-36(51-26)34(45)35-27(49-29)6-3-5-21(46-35)8-7-20(40)19-39/h2-3,5,7-14,20-29,34-36,39-40,45H,1,4,6,15-19H2,(H,37,41)/b8-7+/t20-,21+,22+,23-,24+,25?,26+,27-,28-,29+,34+,35-,36+/m0/s1. The Kier molecular flexibility index (Phi) is 12.1. The maximum Gasteiger partial charge on any atom is 0.326 e. The number of hydrogen-bond donors (Lipinski definition) is 4. The number of aliphatic hydroxyl groups is 3. The van der Waals surface area contributed by atoms with Gasteiger partial charge in [-0.05, 0) is 18.9 Å². The average Bonchev–Trinajstić information content (AvgIpc) is 3.28. The topological polar surface area (TPSA) is 200 Å². The first-order chi connectivity index (χ1) is 24.6. The first kappa shape index (κ1) is 37.0. The second-order valence-corrected chi connectivity index (χ2v) is 13.1. The molecule has 276 valence electrons. The summed E-state index contributed by atoms with van der Waals surface area (Å²) in [5.74, 6) is -2.21. The fourth-order valence-electron chi connectivity index (χ4n) is 6.93. The van der Waals surface area contributed by atoms with Crippen LogP contribution in [0.5, 0.6) is 0 Å². The fourth-order valence-corrected chi connectivity index (χ4v) is 6.93. The van der Waals surface area contributed by atoms with Crippen molar-refractivity contribution in [2.45, 2.75) is 105 Å². The maximum atomic E-state index is 12.8. The Morgan fingerprint density at radius 3 is 2.45 bits per heavy atom. The predicted molar refractivity (Wildman–Crippen MR) is 176 cm³/mol. The molecular formula is C36H44N2O13. The molecule has 4 N–H and O–H groups in total. The SMILES string of the molecule is C=CC[C@H]1O[C@H]2C=C[C@H]3O[C@H]4[C@H](O)[C@H]5O[C@@H](/C=C/[C@H](O)CO)C=CC[C@@H]5O[C@@H]4C[C@@H]3O[C@@H]2C=CC1OC(=O)CNC(=O)CCN1C(=O)C=CC1=O. The number of amides is 3. The molecule has 0 aromatic heterocycles. The molecule has 0 radical (unpaired) electrons. The van der Waals surface area contributed by atoms with E-state index in [1.807, 2.05) is 24.3 Å². The van der Waals surface area contributed by atoms with E-state index in [9.17, 15) is 29.4 Å². The van der Waals surface area contributed by atoms with Crippen LogP contribution in [0.3, 0.4) is 0 Å². The van der Waals surface area contributed by atoms with Crippen LogP contribution in [0.15, 0.2) is 73.4 Å². The van der Waals surface area contributed by atoms with Gasteiger partial charge in [0.15, 0.2) is 0 Å². The Bertz CT molecular complexity index is 1460. The van der Waals surface area contributed by atoms with Crippen LogP contribution in [-0.4, -0.2) is 143 Å². The van der Waals surface area contributed by atoms with Crippen LogP contribution in [0.1, 0.15) is 25.7 Å². The first-order valence-electron chi connectivity index (χ1n) is 17.2. The lowest BCUT2D eigenvalue weighted by Crippen LogP contribution is -2.63. The van der Waals surface area contributed by atoms with E-state index in [1.54, 1.807) is 24.3 Å². The van der Waals surface area contributed by atoms with E-state index in [2.05, 4.69) is 11.9 Å². The number of nitrogens with zero attached hydrogens (tertiary/aromatic N) is 1. The molecule has 13 atom stereocenters. The van der Waals surface area contributed by atoms with E-state index >= 15 is 0 Å². The third kappa shape index (κ3) is 8.81. The summed E-state index contributed by atoms with van der Waals surface area (Å²) >= 11 is 0. The summed E-state index contributed by atoms with van der Waals surface area (Å²) in [6, 6.07) is 0. The Hall–Kier alpha value is -3.80. The van der Waals surface area contributed by atoms with E-state index in [-0.39, 0.29) is 13.0 Å². The van der Waals surface area contributed by atoms with Crippen LogP contribution in [0.25, 0.3) is 0 Å². The number of aliphatic hydroxyl groups excluding tert-OH is 3. The van der Waals surface area contributed by atoms with Gasteiger partial charge in [-0.25, -0.2) is 0 Å². The van der Waals surface area contributed by atoms with Crippen LogP contribution < -0.4 is 5.32 Å². The second-order valence-electron chi connectivity index (χ2n) is 13.1. The Balaban J connectivity index is 1.05. The summed E-state index contributed by atoms with van der Waals surface area (Å²) in [5.41, 5.74) is 0. The summed E-state index contributed by atoms with van der Waals surface area (Å²) in [4.78, 5) is 49.4. The van der Waals surface area contributed by atoms with Crippen molar-refractivity contribution in [3.05, 3.63) is 73.4 Å². The average molecular weight is 713 g/mol.